The molecule has 0 unspecified atom stereocenters. The number of nitrogens with zero attached hydrogens (tertiary/aromatic N) is 5. The lowest BCUT2D eigenvalue weighted by atomic mass is 10.2. The van der Waals surface area contributed by atoms with Gasteiger partial charge in [-0.05, 0) is 34.7 Å². The van der Waals surface area contributed by atoms with Crippen molar-refractivity contribution in [1.82, 2.24) is 19.7 Å². The second-order valence-electron chi connectivity index (χ2n) is 5.37. The van der Waals surface area contributed by atoms with Crippen LogP contribution in [0.2, 0.25) is 10.0 Å². The van der Waals surface area contributed by atoms with Crippen LogP contribution in [0.15, 0.2) is 30.7 Å². The molecule has 1 aromatic carbocycles. The lowest BCUT2D eigenvalue weighted by molar-refractivity contribution is -0.137. The summed E-state index contributed by atoms with van der Waals surface area (Å²) in [6.45, 7) is 0.232. The van der Waals surface area contributed by atoms with Crippen molar-refractivity contribution in [3.8, 4) is 11.8 Å². The van der Waals surface area contributed by atoms with E-state index < -0.39 is 11.7 Å². The van der Waals surface area contributed by atoms with E-state index in [0.29, 0.717) is 15.1 Å². The van der Waals surface area contributed by atoms with Crippen LogP contribution in [-0.2, 0) is 12.7 Å². The molecule has 2 heterocycles. The molecular formula is C16H8Cl2F3IN6. The molecule has 0 fully saturated rings. The molecule has 6 nitrogen and oxygen atoms in total. The highest BCUT2D eigenvalue weighted by atomic mass is 127. The molecule has 2 aromatic heterocycles. The summed E-state index contributed by atoms with van der Waals surface area (Å²) < 4.78 is 40.6. The molecule has 0 radical (unpaired) electrons. The summed E-state index contributed by atoms with van der Waals surface area (Å²) >= 11 is 14.1. The number of aromatic nitrogens is 4. The first-order valence-electron chi connectivity index (χ1n) is 7.46. The summed E-state index contributed by atoms with van der Waals surface area (Å²) in [5.74, 6) is 0.339. The first kappa shape index (κ1) is 20.6. The summed E-state index contributed by atoms with van der Waals surface area (Å²) in [7, 11) is 0. The molecule has 0 saturated heterocycles. The monoisotopic (exact) mass is 538 g/mol. The van der Waals surface area contributed by atoms with Crippen LogP contribution in [0.25, 0.3) is 5.69 Å². The average Bonchev–Trinajstić information content (AvgIpc) is 2.95. The van der Waals surface area contributed by atoms with Crippen LogP contribution in [-0.4, -0.2) is 19.7 Å². The average molecular weight is 539 g/mol. The predicted molar refractivity (Wildman–Crippen MR) is 105 cm³/mol. The summed E-state index contributed by atoms with van der Waals surface area (Å²) in [5, 5.41) is 15.9. The number of rotatable bonds is 4. The molecule has 0 bridgehead atoms. The van der Waals surface area contributed by atoms with Gasteiger partial charge in [0.05, 0.1) is 37.6 Å². The van der Waals surface area contributed by atoms with E-state index in [2.05, 4.69) is 20.4 Å². The van der Waals surface area contributed by atoms with Gasteiger partial charge in [0, 0.05) is 12.4 Å². The van der Waals surface area contributed by atoms with E-state index in [9.17, 15) is 18.4 Å². The quantitative estimate of drug-likeness (QED) is 0.469. The Kier molecular flexibility index (Phi) is 5.97. The largest absolute Gasteiger partial charge is 0.416 e. The van der Waals surface area contributed by atoms with Gasteiger partial charge in [-0.2, -0.15) is 23.5 Å². The Labute approximate surface area is 180 Å². The topological polar surface area (TPSA) is 79.4 Å². The van der Waals surface area contributed by atoms with E-state index in [1.54, 1.807) is 6.20 Å². The van der Waals surface area contributed by atoms with Gasteiger partial charge in [-0.15, -0.1) is 0 Å². The molecule has 28 heavy (non-hydrogen) atoms. The second kappa shape index (κ2) is 8.10. The number of nitrogens with one attached hydrogen (secondary N) is 1. The SMILES string of the molecule is N#Cc1nn(-c2c(Cl)cc(C(F)(F)F)cc2Cl)c(NCc2cnccn2)c1I. The molecule has 0 atom stereocenters. The Balaban J connectivity index is 2.08. The molecule has 1 N–H and O–H groups in total. The van der Waals surface area contributed by atoms with Gasteiger partial charge in [-0.25, -0.2) is 4.68 Å². The zero-order chi connectivity index (χ0) is 20.5. The lowest BCUT2D eigenvalue weighted by Gasteiger charge is -2.15. The predicted octanol–water partition coefficient (Wildman–Crippen LogP) is 5.08. The van der Waals surface area contributed by atoms with Crippen LogP contribution >= 0.6 is 45.8 Å². The molecule has 0 aliphatic heterocycles. The van der Waals surface area contributed by atoms with Crippen molar-refractivity contribution in [3.05, 3.63) is 61.3 Å². The standard InChI is InChI=1S/C16H8Cl2F3IN6/c17-10-3-8(16(19,20)21)4-11(18)14(10)28-15(13(22)12(5-23)27-28)26-7-9-6-24-1-2-25-9/h1-4,6,26H,7H2. The highest BCUT2D eigenvalue weighted by molar-refractivity contribution is 14.1. The zero-order valence-corrected chi connectivity index (χ0v) is 17.3. The maximum absolute atomic E-state index is 13.0. The Morgan fingerprint density at radius 3 is 2.43 bits per heavy atom. The van der Waals surface area contributed by atoms with Gasteiger partial charge in [-0.1, -0.05) is 23.2 Å². The number of anilines is 1. The molecule has 0 spiro atoms. The van der Waals surface area contributed by atoms with E-state index in [4.69, 9.17) is 23.2 Å². The normalized spacial score (nSPS) is 11.3. The van der Waals surface area contributed by atoms with Gasteiger partial charge in [0.2, 0.25) is 0 Å². The molecular weight excluding hydrogens is 531 g/mol. The number of nitriles is 1. The van der Waals surface area contributed by atoms with Crippen molar-refractivity contribution in [2.45, 2.75) is 12.7 Å². The first-order valence-corrected chi connectivity index (χ1v) is 9.30. The van der Waals surface area contributed by atoms with Crippen LogP contribution in [0.4, 0.5) is 19.0 Å². The Morgan fingerprint density at radius 1 is 1.21 bits per heavy atom. The Hall–Kier alpha value is -2.10. The fraction of sp³-hybridized carbons (Fsp3) is 0.125. The summed E-state index contributed by atoms with van der Waals surface area (Å²) in [6, 6.07) is 3.44. The minimum atomic E-state index is -4.60. The molecule has 0 aliphatic rings. The van der Waals surface area contributed by atoms with Crippen molar-refractivity contribution in [2.75, 3.05) is 5.32 Å². The van der Waals surface area contributed by atoms with Crippen LogP contribution in [0.1, 0.15) is 17.0 Å². The summed E-state index contributed by atoms with van der Waals surface area (Å²) in [5.41, 5.74) is -0.288. The van der Waals surface area contributed by atoms with Gasteiger partial charge in [-0.3, -0.25) is 9.97 Å². The van der Waals surface area contributed by atoms with E-state index in [1.807, 2.05) is 28.7 Å². The summed E-state index contributed by atoms with van der Waals surface area (Å²) in [4.78, 5) is 8.08. The molecule has 12 heteroatoms. The molecule has 0 saturated carbocycles. The van der Waals surface area contributed by atoms with Gasteiger partial charge in [0.15, 0.2) is 5.69 Å². The lowest BCUT2D eigenvalue weighted by Crippen LogP contribution is -2.11. The number of halogens is 6. The number of hydrogen-bond acceptors (Lipinski definition) is 5. The van der Waals surface area contributed by atoms with Gasteiger partial charge in [0.1, 0.15) is 17.6 Å². The number of alkyl halides is 3. The fourth-order valence-electron chi connectivity index (χ4n) is 2.31. The minimum absolute atomic E-state index is 0.0254. The Bertz CT molecular complexity index is 1040. The van der Waals surface area contributed by atoms with Crippen LogP contribution in [0, 0.1) is 14.9 Å². The second-order valence-corrected chi connectivity index (χ2v) is 7.26. The van der Waals surface area contributed by atoms with E-state index in [0.717, 1.165) is 12.1 Å². The molecule has 3 aromatic rings. The van der Waals surface area contributed by atoms with E-state index in [-0.39, 0.29) is 28.0 Å². The van der Waals surface area contributed by atoms with Crippen LogP contribution < -0.4 is 5.32 Å². The number of hydrogen-bond donors (Lipinski definition) is 1. The maximum atomic E-state index is 13.0. The third kappa shape index (κ3) is 4.16. The fourth-order valence-corrected chi connectivity index (χ4v) is 3.61. The highest BCUT2D eigenvalue weighted by Gasteiger charge is 2.33. The van der Waals surface area contributed by atoms with Crippen molar-refractivity contribution < 1.29 is 13.2 Å². The zero-order valence-electron chi connectivity index (χ0n) is 13.6. The third-order valence-corrected chi connectivity index (χ3v) is 5.14. The molecule has 3 rings (SSSR count). The van der Waals surface area contributed by atoms with Gasteiger partial charge >= 0.3 is 6.18 Å². The smallest absolute Gasteiger partial charge is 0.363 e. The molecule has 0 aliphatic carbocycles. The minimum Gasteiger partial charge on any atom is -0.363 e. The van der Waals surface area contributed by atoms with E-state index in [1.165, 1.54) is 17.1 Å². The Morgan fingerprint density at radius 2 is 1.89 bits per heavy atom. The van der Waals surface area contributed by atoms with Crippen molar-refractivity contribution in [3.63, 3.8) is 0 Å². The van der Waals surface area contributed by atoms with E-state index >= 15 is 0 Å². The molecule has 0 amide bonds. The van der Waals surface area contributed by atoms with Crippen molar-refractivity contribution in [2.24, 2.45) is 0 Å². The molecule has 144 valence electrons. The summed E-state index contributed by atoms with van der Waals surface area (Å²) in [6.07, 6.45) is -0.0181. The van der Waals surface area contributed by atoms with Gasteiger partial charge in [0.25, 0.3) is 0 Å². The van der Waals surface area contributed by atoms with Crippen molar-refractivity contribution in [1.29, 1.82) is 5.26 Å². The highest BCUT2D eigenvalue weighted by Crippen LogP contribution is 2.39. The van der Waals surface area contributed by atoms with Crippen LogP contribution in [0.3, 0.4) is 0 Å². The maximum Gasteiger partial charge on any atom is 0.416 e. The third-order valence-electron chi connectivity index (χ3n) is 3.54. The van der Waals surface area contributed by atoms with Gasteiger partial charge < -0.3 is 5.32 Å². The van der Waals surface area contributed by atoms with Crippen LogP contribution in [0.5, 0.6) is 0 Å². The number of benzene rings is 1. The van der Waals surface area contributed by atoms with Crippen molar-refractivity contribution >= 4 is 51.6 Å². The first-order chi connectivity index (χ1) is 13.2.